The highest BCUT2D eigenvalue weighted by Crippen LogP contribution is 2.22. The minimum atomic E-state index is -3.52. The molecule has 2 rings (SSSR count). The third kappa shape index (κ3) is 5.04. The van der Waals surface area contributed by atoms with Gasteiger partial charge in [-0.25, -0.2) is 12.7 Å². The monoisotopic (exact) mass is 425 g/mol. The highest BCUT2D eigenvalue weighted by molar-refractivity contribution is 9.10. The third-order valence-electron chi connectivity index (χ3n) is 3.55. The SMILES string of the molecule is Cc1ccc(S(=O)(=O)N(C)C)cc1NCC(=O)Nc1ccc(Br)cc1. The van der Waals surface area contributed by atoms with Crippen LogP contribution in [0.1, 0.15) is 5.56 Å². The van der Waals surface area contributed by atoms with Crippen molar-refractivity contribution in [2.45, 2.75) is 11.8 Å². The largest absolute Gasteiger partial charge is 0.376 e. The Kier molecular flexibility index (Phi) is 6.21. The molecule has 0 aliphatic heterocycles. The van der Waals surface area contributed by atoms with Crippen molar-refractivity contribution in [3.8, 4) is 0 Å². The maximum absolute atomic E-state index is 12.2. The van der Waals surface area contributed by atoms with Crippen molar-refractivity contribution in [3.63, 3.8) is 0 Å². The summed E-state index contributed by atoms with van der Waals surface area (Å²) < 4.78 is 26.5. The van der Waals surface area contributed by atoms with E-state index in [4.69, 9.17) is 0 Å². The first-order chi connectivity index (χ1) is 11.7. The Balaban J connectivity index is 2.07. The van der Waals surface area contributed by atoms with Crippen LogP contribution in [0.5, 0.6) is 0 Å². The van der Waals surface area contributed by atoms with Crippen molar-refractivity contribution in [1.82, 2.24) is 4.31 Å². The van der Waals surface area contributed by atoms with Crippen LogP contribution in [0.2, 0.25) is 0 Å². The smallest absolute Gasteiger partial charge is 0.243 e. The predicted molar refractivity (Wildman–Crippen MR) is 103 cm³/mol. The molecule has 1 amide bonds. The van der Waals surface area contributed by atoms with Gasteiger partial charge in [-0.2, -0.15) is 0 Å². The average Bonchev–Trinajstić information content (AvgIpc) is 2.56. The number of anilines is 2. The van der Waals surface area contributed by atoms with Gasteiger partial charge in [-0.05, 0) is 48.9 Å². The Morgan fingerprint density at radius 3 is 2.36 bits per heavy atom. The van der Waals surface area contributed by atoms with Crippen molar-refractivity contribution in [1.29, 1.82) is 0 Å². The van der Waals surface area contributed by atoms with Crippen molar-refractivity contribution < 1.29 is 13.2 Å². The second kappa shape index (κ2) is 7.99. The first-order valence-electron chi connectivity index (χ1n) is 7.52. The fraction of sp³-hybridized carbons (Fsp3) is 0.235. The summed E-state index contributed by atoms with van der Waals surface area (Å²) in [6.45, 7) is 1.88. The second-order valence-corrected chi connectivity index (χ2v) is 8.74. The van der Waals surface area contributed by atoms with Gasteiger partial charge in [0.05, 0.1) is 11.4 Å². The molecule has 0 saturated carbocycles. The molecule has 2 N–H and O–H groups in total. The maximum atomic E-state index is 12.2. The van der Waals surface area contributed by atoms with Crippen LogP contribution in [0.15, 0.2) is 51.8 Å². The quantitative estimate of drug-likeness (QED) is 0.745. The molecule has 0 unspecified atom stereocenters. The lowest BCUT2D eigenvalue weighted by atomic mass is 10.2. The van der Waals surface area contributed by atoms with Crippen molar-refractivity contribution in [2.75, 3.05) is 31.3 Å². The van der Waals surface area contributed by atoms with Gasteiger partial charge in [0.25, 0.3) is 0 Å². The Morgan fingerprint density at radius 2 is 1.76 bits per heavy atom. The Morgan fingerprint density at radius 1 is 1.12 bits per heavy atom. The first-order valence-corrected chi connectivity index (χ1v) is 9.76. The third-order valence-corrected chi connectivity index (χ3v) is 5.89. The lowest BCUT2D eigenvalue weighted by molar-refractivity contribution is -0.114. The number of nitrogens with one attached hydrogen (secondary N) is 2. The van der Waals surface area contributed by atoms with Gasteiger partial charge in [0.1, 0.15) is 0 Å². The maximum Gasteiger partial charge on any atom is 0.243 e. The van der Waals surface area contributed by atoms with E-state index in [2.05, 4.69) is 26.6 Å². The number of carbonyl (C=O) groups is 1. The minimum absolute atomic E-state index is 0.0301. The fourth-order valence-corrected chi connectivity index (χ4v) is 3.27. The second-order valence-electron chi connectivity index (χ2n) is 5.67. The molecule has 6 nitrogen and oxygen atoms in total. The summed E-state index contributed by atoms with van der Waals surface area (Å²) >= 11 is 3.34. The highest BCUT2D eigenvalue weighted by atomic mass is 79.9. The molecule has 0 aliphatic rings. The minimum Gasteiger partial charge on any atom is -0.376 e. The van der Waals surface area contributed by atoms with Gasteiger partial charge in [-0.1, -0.05) is 22.0 Å². The van der Waals surface area contributed by atoms with E-state index < -0.39 is 10.0 Å². The van der Waals surface area contributed by atoms with Gasteiger partial charge in [0, 0.05) is 29.9 Å². The van der Waals surface area contributed by atoms with E-state index in [0.29, 0.717) is 11.4 Å². The zero-order valence-corrected chi connectivity index (χ0v) is 16.6. The molecule has 0 aromatic heterocycles. The summed E-state index contributed by atoms with van der Waals surface area (Å²) in [5, 5.41) is 5.76. The van der Waals surface area contributed by atoms with E-state index in [1.807, 2.05) is 19.1 Å². The molecule has 134 valence electrons. The van der Waals surface area contributed by atoms with E-state index in [1.165, 1.54) is 20.2 Å². The van der Waals surface area contributed by atoms with Crippen LogP contribution in [0.25, 0.3) is 0 Å². The van der Waals surface area contributed by atoms with Crippen LogP contribution in [-0.2, 0) is 14.8 Å². The molecule has 0 saturated heterocycles. The number of sulfonamides is 1. The summed E-state index contributed by atoms with van der Waals surface area (Å²) in [6.07, 6.45) is 0. The van der Waals surface area contributed by atoms with Crippen LogP contribution < -0.4 is 10.6 Å². The molecule has 2 aromatic rings. The molecule has 0 heterocycles. The summed E-state index contributed by atoms with van der Waals surface area (Å²) in [5.41, 5.74) is 2.15. The van der Waals surface area contributed by atoms with Crippen molar-refractivity contribution >= 4 is 43.2 Å². The number of rotatable bonds is 6. The number of carbonyl (C=O) groups excluding carboxylic acids is 1. The van der Waals surface area contributed by atoms with Crippen LogP contribution in [0, 0.1) is 6.92 Å². The summed E-state index contributed by atoms with van der Waals surface area (Å²) in [4.78, 5) is 12.2. The number of nitrogens with zero attached hydrogens (tertiary/aromatic N) is 1. The average molecular weight is 426 g/mol. The predicted octanol–water partition coefficient (Wildman–Crippen LogP) is 3.06. The highest BCUT2D eigenvalue weighted by Gasteiger charge is 2.18. The zero-order chi connectivity index (χ0) is 18.6. The van der Waals surface area contributed by atoms with Crippen LogP contribution in [0.4, 0.5) is 11.4 Å². The number of hydrogen-bond acceptors (Lipinski definition) is 4. The van der Waals surface area contributed by atoms with E-state index in [1.54, 1.807) is 24.3 Å². The Labute approximate surface area is 156 Å². The number of hydrogen-bond donors (Lipinski definition) is 2. The van der Waals surface area contributed by atoms with E-state index in [0.717, 1.165) is 14.3 Å². The molecule has 0 atom stereocenters. The van der Waals surface area contributed by atoms with E-state index in [9.17, 15) is 13.2 Å². The van der Waals surface area contributed by atoms with Gasteiger partial charge in [0.2, 0.25) is 15.9 Å². The summed E-state index contributed by atoms with van der Waals surface area (Å²) in [7, 11) is -0.559. The first kappa shape index (κ1) is 19.4. The van der Waals surface area contributed by atoms with E-state index in [-0.39, 0.29) is 17.3 Å². The standard InChI is InChI=1S/C17H20BrN3O3S/c1-12-4-9-15(25(23,24)21(2)3)10-16(12)19-11-17(22)20-14-7-5-13(18)6-8-14/h4-10,19H,11H2,1-3H3,(H,20,22). The molecular formula is C17H20BrN3O3S. The number of benzene rings is 2. The molecule has 0 spiro atoms. The molecule has 0 aliphatic carbocycles. The van der Waals surface area contributed by atoms with Gasteiger partial charge in [-0.3, -0.25) is 4.79 Å². The Hall–Kier alpha value is -1.90. The van der Waals surface area contributed by atoms with Crippen molar-refractivity contribution in [2.24, 2.45) is 0 Å². The normalized spacial score (nSPS) is 11.4. The van der Waals surface area contributed by atoms with E-state index >= 15 is 0 Å². The molecule has 25 heavy (non-hydrogen) atoms. The van der Waals surface area contributed by atoms with Gasteiger partial charge < -0.3 is 10.6 Å². The topological polar surface area (TPSA) is 78.5 Å². The number of aryl methyl sites for hydroxylation is 1. The fourth-order valence-electron chi connectivity index (χ4n) is 2.08. The van der Waals surface area contributed by atoms with Crippen LogP contribution >= 0.6 is 15.9 Å². The molecule has 0 fully saturated rings. The number of halogens is 1. The summed E-state index contributed by atoms with van der Waals surface area (Å²) in [6, 6.07) is 12.1. The zero-order valence-electron chi connectivity index (χ0n) is 14.2. The molecule has 8 heteroatoms. The van der Waals surface area contributed by atoms with Crippen LogP contribution in [-0.4, -0.2) is 39.3 Å². The Bertz CT molecular complexity index is 865. The number of amides is 1. The van der Waals surface area contributed by atoms with Gasteiger partial charge >= 0.3 is 0 Å². The van der Waals surface area contributed by atoms with Gasteiger partial charge in [0.15, 0.2) is 0 Å². The molecular weight excluding hydrogens is 406 g/mol. The lowest BCUT2D eigenvalue weighted by Gasteiger charge is -2.15. The lowest BCUT2D eigenvalue weighted by Crippen LogP contribution is -2.23. The molecule has 2 aromatic carbocycles. The summed E-state index contributed by atoms with van der Waals surface area (Å²) in [5.74, 6) is -0.220. The van der Waals surface area contributed by atoms with Crippen molar-refractivity contribution in [3.05, 3.63) is 52.5 Å². The van der Waals surface area contributed by atoms with Gasteiger partial charge in [-0.15, -0.1) is 0 Å². The molecule has 0 bridgehead atoms. The molecule has 0 radical (unpaired) electrons. The van der Waals surface area contributed by atoms with Crippen LogP contribution in [0.3, 0.4) is 0 Å².